The Hall–Kier alpha value is -3.64. The largest absolute Gasteiger partial charge is 0.436 e. The van der Waals surface area contributed by atoms with Gasteiger partial charge in [-0.3, -0.25) is 9.59 Å². The minimum Gasteiger partial charge on any atom is -0.436 e. The second kappa shape index (κ2) is 8.80. The Labute approximate surface area is 177 Å². The standard InChI is InChI=1S/C23H18ClN3O3/c24-18-6-2-1-5-17(18)22(29)25-14-13-21(28)26-16-11-9-15(10-12-16)23-27-19-7-3-4-8-20(19)30-23/h1-12H,13-14H2,(H,25,29)(H,26,28). The van der Waals surface area contributed by atoms with Crippen molar-refractivity contribution in [2.75, 3.05) is 11.9 Å². The smallest absolute Gasteiger partial charge is 0.252 e. The van der Waals surface area contributed by atoms with Gasteiger partial charge in [0.25, 0.3) is 5.91 Å². The van der Waals surface area contributed by atoms with E-state index < -0.39 is 0 Å². The SMILES string of the molecule is O=C(CCNC(=O)c1ccccc1Cl)Nc1ccc(-c2nc3ccccc3o2)cc1. The Morgan fingerprint density at radius 3 is 2.43 bits per heavy atom. The van der Waals surface area contributed by atoms with E-state index >= 15 is 0 Å². The van der Waals surface area contributed by atoms with Crippen LogP contribution in [0.1, 0.15) is 16.8 Å². The van der Waals surface area contributed by atoms with E-state index in [0.29, 0.717) is 22.2 Å². The van der Waals surface area contributed by atoms with Gasteiger partial charge in [0.2, 0.25) is 11.8 Å². The Morgan fingerprint density at radius 2 is 1.67 bits per heavy atom. The first-order chi connectivity index (χ1) is 14.6. The lowest BCUT2D eigenvalue weighted by Crippen LogP contribution is -2.27. The van der Waals surface area contributed by atoms with Crippen LogP contribution in [0.25, 0.3) is 22.6 Å². The molecule has 0 radical (unpaired) electrons. The van der Waals surface area contributed by atoms with Crippen molar-refractivity contribution < 1.29 is 14.0 Å². The molecule has 0 bridgehead atoms. The number of oxazole rings is 1. The minimum absolute atomic E-state index is 0.142. The van der Waals surface area contributed by atoms with Gasteiger partial charge in [-0.15, -0.1) is 0 Å². The molecule has 4 rings (SSSR count). The fourth-order valence-corrected chi connectivity index (χ4v) is 3.17. The van der Waals surface area contributed by atoms with Crippen LogP contribution >= 0.6 is 11.6 Å². The number of halogens is 1. The van der Waals surface area contributed by atoms with Crippen molar-refractivity contribution in [2.45, 2.75) is 6.42 Å². The second-order valence-corrected chi connectivity index (χ2v) is 7.01. The lowest BCUT2D eigenvalue weighted by atomic mass is 10.2. The number of fused-ring (bicyclic) bond motifs is 1. The van der Waals surface area contributed by atoms with Crippen LogP contribution < -0.4 is 10.6 Å². The number of hydrogen-bond acceptors (Lipinski definition) is 4. The van der Waals surface area contributed by atoms with Crippen LogP contribution in [-0.2, 0) is 4.79 Å². The van der Waals surface area contributed by atoms with Gasteiger partial charge in [-0.2, -0.15) is 0 Å². The lowest BCUT2D eigenvalue weighted by Gasteiger charge is -2.08. The molecule has 30 heavy (non-hydrogen) atoms. The van der Waals surface area contributed by atoms with Crippen LogP contribution in [0.5, 0.6) is 0 Å². The van der Waals surface area contributed by atoms with Crippen molar-refractivity contribution in [3.8, 4) is 11.5 Å². The monoisotopic (exact) mass is 419 g/mol. The third kappa shape index (κ3) is 4.50. The highest BCUT2D eigenvalue weighted by Crippen LogP contribution is 2.25. The minimum atomic E-state index is -0.309. The molecule has 0 aliphatic heterocycles. The summed E-state index contributed by atoms with van der Waals surface area (Å²) >= 11 is 6.00. The van der Waals surface area contributed by atoms with Crippen LogP contribution in [0.15, 0.2) is 77.2 Å². The van der Waals surface area contributed by atoms with Gasteiger partial charge in [-0.25, -0.2) is 4.98 Å². The number of anilines is 1. The highest BCUT2D eigenvalue weighted by molar-refractivity contribution is 6.33. The quantitative estimate of drug-likeness (QED) is 0.465. The fraction of sp³-hybridized carbons (Fsp3) is 0.0870. The van der Waals surface area contributed by atoms with E-state index in [9.17, 15) is 9.59 Å². The number of para-hydroxylation sites is 2. The summed E-state index contributed by atoms with van der Waals surface area (Å²) in [6, 6.07) is 21.6. The molecule has 0 aliphatic carbocycles. The summed E-state index contributed by atoms with van der Waals surface area (Å²) in [5.41, 5.74) is 3.37. The molecule has 3 aromatic carbocycles. The van der Waals surface area contributed by atoms with Crippen molar-refractivity contribution in [3.63, 3.8) is 0 Å². The summed E-state index contributed by atoms with van der Waals surface area (Å²) in [5, 5.41) is 5.87. The van der Waals surface area contributed by atoms with Crippen molar-refractivity contribution in [1.82, 2.24) is 10.3 Å². The van der Waals surface area contributed by atoms with Crippen LogP contribution in [0.3, 0.4) is 0 Å². The van der Waals surface area contributed by atoms with E-state index in [1.165, 1.54) is 0 Å². The van der Waals surface area contributed by atoms with Crippen LogP contribution in [-0.4, -0.2) is 23.3 Å². The summed E-state index contributed by atoms with van der Waals surface area (Å²) in [6.07, 6.45) is 0.142. The summed E-state index contributed by atoms with van der Waals surface area (Å²) < 4.78 is 5.75. The number of benzene rings is 3. The van der Waals surface area contributed by atoms with Gasteiger partial charge in [0.05, 0.1) is 10.6 Å². The Morgan fingerprint density at radius 1 is 0.933 bits per heavy atom. The molecule has 0 saturated heterocycles. The maximum Gasteiger partial charge on any atom is 0.252 e. The molecular formula is C23H18ClN3O3. The number of aromatic nitrogens is 1. The molecule has 2 amide bonds. The zero-order valence-electron chi connectivity index (χ0n) is 15.9. The zero-order valence-corrected chi connectivity index (χ0v) is 16.6. The summed E-state index contributed by atoms with van der Waals surface area (Å²) in [5.74, 6) is 0.0107. The molecule has 0 saturated carbocycles. The first-order valence-corrected chi connectivity index (χ1v) is 9.76. The number of amides is 2. The van der Waals surface area contributed by atoms with Crippen molar-refractivity contribution in [3.05, 3.63) is 83.4 Å². The number of rotatable bonds is 6. The van der Waals surface area contributed by atoms with Crippen LogP contribution in [0.2, 0.25) is 5.02 Å². The molecule has 6 nitrogen and oxygen atoms in total. The highest BCUT2D eigenvalue weighted by atomic mass is 35.5. The molecule has 0 unspecified atom stereocenters. The molecule has 7 heteroatoms. The van der Waals surface area contributed by atoms with Gasteiger partial charge in [-0.05, 0) is 48.5 Å². The van der Waals surface area contributed by atoms with E-state index in [2.05, 4.69) is 15.6 Å². The van der Waals surface area contributed by atoms with E-state index in [4.69, 9.17) is 16.0 Å². The normalized spacial score (nSPS) is 10.7. The molecule has 0 atom stereocenters. The summed E-state index contributed by atoms with van der Waals surface area (Å²) in [6.45, 7) is 0.205. The maximum atomic E-state index is 12.2. The number of hydrogen-bond donors (Lipinski definition) is 2. The van der Waals surface area contributed by atoms with Crippen molar-refractivity contribution >= 4 is 40.2 Å². The van der Waals surface area contributed by atoms with Gasteiger partial charge in [0.15, 0.2) is 5.58 Å². The molecule has 0 aliphatic rings. The molecule has 150 valence electrons. The average molecular weight is 420 g/mol. The van der Waals surface area contributed by atoms with E-state index in [-0.39, 0.29) is 24.8 Å². The number of nitrogens with one attached hydrogen (secondary N) is 2. The first kappa shape index (κ1) is 19.7. The third-order valence-electron chi connectivity index (χ3n) is 4.47. The van der Waals surface area contributed by atoms with Gasteiger partial charge in [0.1, 0.15) is 5.52 Å². The molecule has 1 aromatic heterocycles. The van der Waals surface area contributed by atoms with E-state index in [0.717, 1.165) is 16.7 Å². The molecule has 0 spiro atoms. The highest BCUT2D eigenvalue weighted by Gasteiger charge is 2.11. The van der Waals surface area contributed by atoms with Gasteiger partial charge < -0.3 is 15.1 Å². The summed E-state index contributed by atoms with van der Waals surface area (Å²) in [4.78, 5) is 28.7. The van der Waals surface area contributed by atoms with Crippen LogP contribution in [0.4, 0.5) is 5.69 Å². The Kier molecular flexibility index (Phi) is 5.77. The fourth-order valence-electron chi connectivity index (χ4n) is 2.95. The zero-order chi connectivity index (χ0) is 20.9. The van der Waals surface area contributed by atoms with Crippen molar-refractivity contribution in [2.24, 2.45) is 0 Å². The predicted octanol–water partition coefficient (Wildman–Crippen LogP) is 4.91. The van der Waals surface area contributed by atoms with Gasteiger partial charge in [-0.1, -0.05) is 35.9 Å². The number of carbonyl (C=O) groups is 2. The molecule has 1 heterocycles. The number of nitrogens with zero attached hydrogens (tertiary/aromatic N) is 1. The second-order valence-electron chi connectivity index (χ2n) is 6.60. The lowest BCUT2D eigenvalue weighted by molar-refractivity contribution is -0.116. The molecular weight excluding hydrogens is 402 g/mol. The van der Waals surface area contributed by atoms with Crippen LogP contribution in [0, 0.1) is 0 Å². The topological polar surface area (TPSA) is 84.2 Å². The maximum absolute atomic E-state index is 12.2. The number of carbonyl (C=O) groups excluding carboxylic acids is 2. The predicted molar refractivity (Wildman–Crippen MR) is 116 cm³/mol. The average Bonchev–Trinajstić information content (AvgIpc) is 3.19. The van der Waals surface area contributed by atoms with Gasteiger partial charge in [0, 0.05) is 24.2 Å². The Bertz CT molecular complexity index is 1170. The summed E-state index contributed by atoms with van der Waals surface area (Å²) in [7, 11) is 0. The third-order valence-corrected chi connectivity index (χ3v) is 4.80. The first-order valence-electron chi connectivity index (χ1n) is 9.39. The molecule has 0 fully saturated rings. The molecule has 4 aromatic rings. The van der Waals surface area contributed by atoms with E-state index in [1.54, 1.807) is 36.4 Å². The van der Waals surface area contributed by atoms with Crippen molar-refractivity contribution in [1.29, 1.82) is 0 Å². The molecule has 2 N–H and O–H groups in total. The van der Waals surface area contributed by atoms with E-state index in [1.807, 2.05) is 36.4 Å². The Balaban J connectivity index is 1.30. The van der Waals surface area contributed by atoms with Gasteiger partial charge >= 0.3 is 0 Å².